The summed E-state index contributed by atoms with van der Waals surface area (Å²) in [5.41, 5.74) is 10.4. The van der Waals surface area contributed by atoms with Crippen molar-refractivity contribution in [2.75, 3.05) is 24.7 Å². The molecule has 0 spiro atoms. The first kappa shape index (κ1) is 18.7. The monoisotopic (exact) mass is 390 g/mol. The largest absolute Gasteiger partial charge is 0.495 e. The fourth-order valence-electron chi connectivity index (χ4n) is 2.43. The summed E-state index contributed by atoms with van der Waals surface area (Å²) in [4.78, 5) is 0. The molecule has 0 bridgehead atoms. The zero-order valence-corrected chi connectivity index (χ0v) is 16.3. The van der Waals surface area contributed by atoms with Gasteiger partial charge in [0.1, 0.15) is 11.4 Å². The second kappa shape index (κ2) is 8.97. The lowest BCUT2D eigenvalue weighted by molar-refractivity contribution is 0.416. The van der Waals surface area contributed by atoms with Gasteiger partial charge in [0.2, 0.25) is 0 Å². The normalized spacial score (nSPS) is 13.0. The van der Waals surface area contributed by atoms with Crippen LogP contribution >= 0.6 is 15.9 Å². The SMILES string of the molecule is CCCNc1c(OC)ccc(Br)c1N.Cc1ccc(C2CC2)cc1. The van der Waals surface area contributed by atoms with E-state index in [4.69, 9.17) is 10.5 Å². The highest BCUT2D eigenvalue weighted by Crippen LogP contribution is 2.39. The number of nitrogens with one attached hydrogen (secondary N) is 1. The van der Waals surface area contributed by atoms with Crippen LogP contribution in [0.3, 0.4) is 0 Å². The van der Waals surface area contributed by atoms with Crippen LogP contribution in [-0.4, -0.2) is 13.7 Å². The summed E-state index contributed by atoms with van der Waals surface area (Å²) in [5.74, 6) is 1.68. The molecular weight excluding hydrogens is 364 g/mol. The molecule has 130 valence electrons. The molecule has 0 heterocycles. The second-order valence-electron chi connectivity index (χ2n) is 6.15. The Balaban J connectivity index is 0.000000182. The Morgan fingerprint density at radius 1 is 1.17 bits per heavy atom. The van der Waals surface area contributed by atoms with Crippen molar-refractivity contribution in [1.82, 2.24) is 0 Å². The number of nitrogens with two attached hydrogens (primary N) is 1. The first-order valence-electron chi connectivity index (χ1n) is 8.49. The van der Waals surface area contributed by atoms with E-state index in [1.165, 1.54) is 24.0 Å². The van der Waals surface area contributed by atoms with Crippen LogP contribution in [0.5, 0.6) is 5.75 Å². The Morgan fingerprint density at radius 3 is 2.38 bits per heavy atom. The number of hydrogen-bond acceptors (Lipinski definition) is 3. The van der Waals surface area contributed by atoms with Crippen LogP contribution in [-0.2, 0) is 0 Å². The topological polar surface area (TPSA) is 47.3 Å². The summed E-state index contributed by atoms with van der Waals surface area (Å²) < 4.78 is 6.10. The minimum Gasteiger partial charge on any atom is -0.495 e. The molecular formula is C20H27BrN2O. The van der Waals surface area contributed by atoms with E-state index in [0.717, 1.165) is 34.8 Å². The minimum absolute atomic E-state index is 0.692. The van der Waals surface area contributed by atoms with E-state index in [1.54, 1.807) is 7.11 Å². The van der Waals surface area contributed by atoms with E-state index < -0.39 is 0 Å². The predicted octanol–water partition coefficient (Wildman–Crippen LogP) is 5.73. The van der Waals surface area contributed by atoms with Gasteiger partial charge < -0.3 is 15.8 Å². The molecule has 3 rings (SSSR count). The molecule has 0 unspecified atom stereocenters. The van der Waals surface area contributed by atoms with Crippen LogP contribution < -0.4 is 15.8 Å². The van der Waals surface area contributed by atoms with Crippen molar-refractivity contribution in [2.45, 2.75) is 39.0 Å². The Bertz CT molecular complexity index is 651. The first-order valence-corrected chi connectivity index (χ1v) is 9.28. The van der Waals surface area contributed by atoms with Crippen LogP contribution in [0.25, 0.3) is 0 Å². The Morgan fingerprint density at radius 2 is 1.83 bits per heavy atom. The minimum atomic E-state index is 0.692. The van der Waals surface area contributed by atoms with Gasteiger partial charge in [0, 0.05) is 11.0 Å². The molecule has 0 aromatic heterocycles. The summed E-state index contributed by atoms with van der Waals surface area (Å²) in [5, 5.41) is 3.24. The van der Waals surface area contributed by atoms with Crippen molar-refractivity contribution in [3.8, 4) is 5.75 Å². The highest BCUT2D eigenvalue weighted by molar-refractivity contribution is 9.10. The van der Waals surface area contributed by atoms with Gasteiger partial charge in [-0.3, -0.25) is 0 Å². The summed E-state index contributed by atoms with van der Waals surface area (Å²) in [6.07, 6.45) is 3.86. The van der Waals surface area contributed by atoms with E-state index in [-0.39, 0.29) is 0 Å². The van der Waals surface area contributed by atoms with E-state index in [1.807, 2.05) is 12.1 Å². The number of anilines is 2. The first-order chi connectivity index (χ1) is 11.6. The number of methoxy groups -OCH3 is 1. The Labute approximate surface area is 153 Å². The molecule has 0 saturated heterocycles. The quantitative estimate of drug-likeness (QED) is 0.640. The van der Waals surface area contributed by atoms with Crippen molar-refractivity contribution in [2.24, 2.45) is 0 Å². The second-order valence-corrected chi connectivity index (χ2v) is 7.00. The Kier molecular flexibility index (Phi) is 6.98. The smallest absolute Gasteiger partial charge is 0.144 e. The van der Waals surface area contributed by atoms with Gasteiger partial charge in [-0.15, -0.1) is 0 Å². The van der Waals surface area contributed by atoms with Crippen molar-refractivity contribution >= 4 is 27.3 Å². The Hall–Kier alpha value is -1.68. The number of benzene rings is 2. The van der Waals surface area contributed by atoms with E-state index in [9.17, 15) is 0 Å². The molecule has 1 aliphatic carbocycles. The molecule has 3 N–H and O–H groups in total. The van der Waals surface area contributed by atoms with Crippen molar-refractivity contribution in [1.29, 1.82) is 0 Å². The van der Waals surface area contributed by atoms with E-state index >= 15 is 0 Å². The molecule has 3 nitrogen and oxygen atoms in total. The van der Waals surface area contributed by atoms with Crippen molar-refractivity contribution in [3.05, 3.63) is 52.0 Å². The summed E-state index contributed by atoms with van der Waals surface area (Å²) >= 11 is 3.38. The average molecular weight is 391 g/mol. The van der Waals surface area contributed by atoms with Gasteiger partial charge >= 0.3 is 0 Å². The molecule has 0 radical (unpaired) electrons. The molecule has 2 aromatic carbocycles. The van der Waals surface area contributed by atoms with Crippen LogP contribution in [0.2, 0.25) is 0 Å². The molecule has 2 aromatic rings. The highest BCUT2D eigenvalue weighted by Gasteiger charge is 2.22. The fraction of sp³-hybridized carbons (Fsp3) is 0.400. The lowest BCUT2D eigenvalue weighted by atomic mass is 10.1. The number of halogens is 1. The number of ether oxygens (including phenoxy) is 1. The number of nitrogen functional groups attached to an aromatic ring is 1. The lowest BCUT2D eigenvalue weighted by Crippen LogP contribution is -2.05. The molecule has 0 aliphatic heterocycles. The molecule has 0 amide bonds. The molecule has 0 atom stereocenters. The maximum atomic E-state index is 5.91. The third-order valence-corrected chi connectivity index (χ3v) is 4.74. The maximum absolute atomic E-state index is 5.91. The molecule has 1 saturated carbocycles. The lowest BCUT2D eigenvalue weighted by Gasteiger charge is -2.13. The molecule has 1 fully saturated rings. The zero-order valence-electron chi connectivity index (χ0n) is 14.7. The molecule has 4 heteroatoms. The van der Waals surface area contributed by atoms with Crippen molar-refractivity contribution in [3.63, 3.8) is 0 Å². The van der Waals surface area contributed by atoms with E-state index in [2.05, 4.69) is 59.4 Å². The standard InChI is InChI=1S/C10H15BrN2O.C10H12/c1-3-6-13-10-8(14-2)5-4-7(11)9(10)12;1-8-2-4-9(5-3-8)10-6-7-10/h4-5,13H,3,6,12H2,1-2H3;2-5,10H,6-7H2,1H3. The van der Waals surface area contributed by atoms with Crippen molar-refractivity contribution < 1.29 is 4.74 Å². The van der Waals surface area contributed by atoms with Gasteiger partial charge in [0.15, 0.2) is 0 Å². The van der Waals surface area contributed by atoms with Crippen LogP contribution in [0.1, 0.15) is 43.2 Å². The van der Waals surface area contributed by atoms with Crippen LogP contribution in [0.4, 0.5) is 11.4 Å². The van der Waals surface area contributed by atoms with Gasteiger partial charge in [-0.1, -0.05) is 36.8 Å². The zero-order chi connectivity index (χ0) is 17.5. The average Bonchev–Trinajstić information content (AvgIpc) is 3.42. The van der Waals surface area contributed by atoms with Crippen LogP contribution in [0, 0.1) is 6.92 Å². The highest BCUT2D eigenvalue weighted by atomic mass is 79.9. The maximum Gasteiger partial charge on any atom is 0.144 e. The number of hydrogen-bond donors (Lipinski definition) is 2. The van der Waals surface area contributed by atoms with Gasteiger partial charge in [-0.25, -0.2) is 0 Å². The number of rotatable bonds is 5. The van der Waals surface area contributed by atoms with E-state index in [0.29, 0.717) is 5.69 Å². The summed E-state index contributed by atoms with van der Waals surface area (Å²) in [7, 11) is 1.64. The summed E-state index contributed by atoms with van der Waals surface area (Å²) in [6, 6.07) is 12.7. The third kappa shape index (κ3) is 5.17. The predicted molar refractivity (Wildman–Crippen MR) is 107 cm³/mol. The van der Waals surface area contributed by atoms with Gasteiger partial charge in [-0.05, 0) is 65.7 Å². The summed E-state index contributed by atoms with van der Waals surface area (Å²) in [6.45, 7) is 5.13. The molecule has 1 aliphatic rings. The third-order valence-electron chi connectivity index (χ3n) is 4.05. The van der Waals surface area contributed by atoms with Gasteiger partial charge in [-0.2, -0.15) is 0 Å². The van der Waals surface area contributed by atoms with Gasteiger partial charge in [0.05, 0.1) is 12.8 Å². The van der Waals surface area contributed by atoms with Gasteiger partial charge in [0.25, 0.3) is 0 Å². The number of aryl methyl sites for hydroxylation is 1. The fourth-order valence-corrected chi connectivity index (χ4v) is 2.76. The molecule has 24 heavy (non-hydrogen) atoms. The van der Waals surface area contributed by atoms with Crippen LogP contribution in [0.15, 0.2) is 40.9 Å².